The minimum Gasteiger partial charge on any atom is -0.493 e. The Morgan fingerprint density at radius 2 is 2.25 bits per heavy atom. The number of nitrogens with zero attached hydrogens (tertiary/aromatic N) is 1. The van der Waals surface area contributed by atoms with Gasteiger partial charge >= 0.3 is 0 Å². The normalized spacial score (nSPS) is 22.6. The molecule has 1 aromatic rings. The first-order chi connectivity index (χ1) is 9.67. The Morgan fingerprint density at radius 3 is 2.95 bits per heavy atom. The van der Waals surface area contributed by atoms with E-state index in [1.165, 1.54) is 0 Å². The quantitative estimate of drug-likeness (QED) is 0.802. The van der Waals surface area contributed by atoms with Crippen LogP contribution in [0.4, 0.5) is 0 Å². The molecule has 0 aliphatic carbocycles. The van der Waals surface area contributed by atoms with E-state index in [1.54, 1.807) is 6.07 Å². The molecule has 1 aliphatic rings. The summed E-state index contributed by atoms with van der Waals surface area (Å²) < 4.78 is 11.1. The van der Waals surface area contributed by atoms with Crippen LogP contribution in [0.3, 0.4) is 0 Å². The van der Waals surface area contributed by atoms with Crippen LogP contribution in [0.1, 0.15) is 24.2 Å². The van der Waals surface area contributed by atoms with E-state index in [0.29, 0.717) is 37.0 Å². The Balaban J connectivity index is 2.21. The molecule has 2 rings (SSSR count). The highest BCUT2D eigenvalue weighted by atomic mass is 35.5. The molecule has 0 aromatic heterocycles. The zero-order valence-electron chi connectivity index (χ0n) is 11.8. The van der Waals surface area contributed by atoms with Gasteiger partial charge in [-0.15, -0.1) is 11.6 Å². The predicted octanol–water partition coefficient (Wildman–Crippen LogP) is 2.55. The first-order valence-corrected chi connectivity index (χ1v) is 7.41. The molecule has 0 bridgehead atoms. The van der Waals surface area contributed by atoms with Crippen LogP contribution in [0.25, 0.3) is 0 Å². The van der Waals surface area contributed by atoms with Crippen molar-refractivity contribution in [1.82, 2.24) is 4.90 Å². The lowest BCUT2D eigenvalue weighted by Gasteiger charge is -2.37. The molecule has 1 aliphatic heterocycles. The Kier molecular flexibility index (Phi) is 5.26. The van der Waals surface area contributed by atoms with E-state index in [0.717, 1.165) is 0 Å². The number of benzene rings is 1. The SMILES string of the molecule is CCOc1ccccc1C(=O)N1CC(CCl)OCC1C. The van der Waals surface area contributed by atoms with Gasteiger partial charge in [0.15, 0.2) is 0 Å². The third kappa shape index (κ3) is 3.25. The molecule has 0 saturated carbocycles. The second-order valence-electron chi connectivity index (χ2n) is 4.85. The van der Waals surface area contributed by atoms with Crippen molar-refractivity contribution < 1.29 is 14.3 Å². The Bertz CT molecular complexity index is 466. The second kappa shape index (κ2) is 6.95. The van der Waals surface area contributed by atoms with Crippen molar-refractivity contribution in [2.24, 2.45) is 0 Å². The molecule has 0 N–H and O–H groups in total. The van der Waals surface area contributed by atoms with Gasteiger partial charge in [-0.3, -0.25) is 4.79 Å². The molecule has 110 valence electrons. The zero-order valence-corrected chi connectivity index (χ0v) is 12.6. The van der Waals surface area contributed by atoms with Gasteiger partial charge in [-0.2, -0.15) is 0 Å². The number of carbonyl (C=O) groups is 1. The van der Waals surface area contributed by atoms with Crippen molar-refractivity contribution in [2.45, 2.75) is 26.0 Å². The number of hydrogen-bond donors (Lipinski definition) is 0. The summed E-state index contributed by atoms with van der Waals surface area (Å²) in [5.74, 6) is 0.991. The molecule has 1 amide bonds. The number of morpholine rings is 1. The molecular weight excluding hydrogens is 278 g/mol. The lowest BCUT2D eigenvalue weighted by Crippen LogP contribution is -2.51. The van der Waals surface area contributed by atoms with Crippen molar-refractivity contribution in [2.75, 3.05) is 25.6 Å². The van der Waals surface area contributed by atoms with Crippen molar-refractivity contribution in [3.63, 3.8) is 0 Å². The average Bonchev–Trinajstić information content (AvgIpc) is 2.48. The molecule has 4 nitrogen and oxygen atoms in total. The summed E-state index contributed by atoms with van der Waals surface area (Å²) in [6, 6.07) is 7.37. The summed E-state index contributed by atoms with van der Waals surface area (Å²) in [6.45, 7) is 5.45. The predicted molar refractivity (Wildman–Crippen MR) is 78.6 cm³/mol. The molecule has 2 atom stereocenters. The molecule has 0 spiro atoms. The minimum atomic E-state index is -0.101. The number of carbonyl (C=O) groups excluding carboxylic acids is 1. The van der Waals surface area contributed by atoms with Gasteiger partial charge in [-0.25, -0.2) is 0 Å². The Morgan fingerprint density at radius 1 is 1.50 bits per heavy atom. The van der Waals surface area contributed by atoms with E-state index in [-0.39, 0.29) is 18.1 Å². The Hall–Kier alpha value is -1.26. The fraction of sp³-hybridized carbons (Fsp3) is 0.533. The van der Waals surface area contributed by atoms with Crippen LogP contribution in [0.15, 0.2) is 24.3 Å². The van der Waals surface area contributed by atoms with Gasteiger partial charge < -0.3 is 14.4 Å². The first-order valence-electron chi connectivity index (χ1n) is 6.87. The molecule has 1 fully saturated rings. The van der Waals surface area contributed by atoms with Gasteiger partial charge in [-0.1, -0.05) is 12.1 Å². The van der Waals surface area contributed by atoms with Gasteiger partial charge in [0.25, 0.3) is 5.91 Å². The fourth-order valence-electron chi connectivity index (χ4n) is 2.27. The number of rotatable bonds is 4. The van der Waals surface area contributed by atoms with Crippen LogP contribution in [-0.4, -0.2) is 48.6 Å². The van der Waals surface area contributed by atoms with Gasteiger partial charge in [0, 0.05) is 6.54 Å². The molecule has 1 heterocycles. The molecule has 20 heavy (non-hydrogen) atoms. The molecular formula is C15H20ClNO3. The molecule has 0 radical (unpaired) electrons. The molecule has 1 aromatic carbocycles. The summed E-state index contributed by atoms with van der Waals surface area (Å²) in [5, 5.41) is 0. The standard InChI is InChI=1S/C15H20ClNO3/c1-3-19-14-7-5-4-6-13(14)15(18)17-9-12(8-16)20-10-11(17)2/h4-7,11-12H,3,8-10H2,1-2H3. The second-order valence-corrected chi connectivity index (χ2v) is 5.15. The maximum absolute atomic E-state index is 12.7. The van der Waals surface area contributed by atoms with Crippen LogP contribution < -0.4 is 4.74 Å². The van der Waals surface area contributed by atoms with Crippen LogP contribution in [-0.2, 0) is 4.74 Å². The van der Waals surface area contributed by atoms with Crippen LogP contribution in [0, 0.1) is 0 Å². The minimum absolute atomic E-state index is 0.0278. The van der Waals surface area contributed by atoms with Crippen LogP contribution in [0.2, 0.25) is 0 Å². The number of amides is 1. The number of alkyl halides is 1. The van der Waals surface area contributed by atoms with E-state index < -0.39 is 0 Å². The number of para-hydroxylation sites is 1. The zero-order chi connectivity index (χ0) is 14.5. The molecule has 2 unspecified atom stereocenters. The van der Waals surface area contributed by atoms with Crippen molar-refractivity contribution in [3.8, 4) is 5.75 Å². The number of ether oxygens (including phenoxy) is 2. The van der Waals surface area contributed by atoms with Gasteiger partial charge in [0.05, 0.1) is 36.8 Å². The van der Waals surface area contributed by atoms with E-state index in [4.69, 9.17) is 21.1 Å². The lowest BCUT2D eigenvalue weighted by molar-refractivity contribution is -0.0372. The van der Waals surface area contributed by atoms with E-state index in [2.05, 4.69) is 0 Å². The summed E-state index contributed by atoms with van der Waals surface area (Å²) >= 11 is 5.84. The topological polar surface area (TPSA) is 38.8 Å². The Labute approximate surface area is 124 Å². The van der Waals surface area contributed by atoms with Crippen molar-refractivity contribution >= 4 is 17.5 Å². The van der Waals surface area contributed by atoms with E-state index in [9.17, 15) is 4.79 Å². The number of halogens is 1. The molecule has 1 saturated heterocycles. The van der Waals surface area contributed by atoms with Crippen molar-refractivity contribution in [3.05, 3.63) is 29.8 Å². The first kappa shape index (κ1) is 15.1. The largest absolute Gasteiger partial charge is 0.493 e. The maximum atomic E-state index is 12.7. The highest BCUT2D eigenvalue weighted by Crippen LogP contribution is 2.23. The third-order valence-electron chi connectivity index (χ3n) is 3.36. The maximum Gasteiger partial charge on any atom is 0.258 e. The lowest BCUT2D eigenvalue weighted by atomic mass is 10.1. The van der Waals surface area contributed by atoms with Gasteiger partial charge in [0.1, 0.15) is 5.75 Å². The smallest absolute Gasteiger partial charge is 0.258 e. The highest BCUT2D eigenvalue weighted by molar-refractivity contribution is 6.18. The summed E-state index contributed by atoms with van der Waals surface area (Å²) in [5.41, 5.74) is 0.594. The molecule has 5 heteroatoms. The van der Waals surface area contributed by atoms with Gasteiger partial charge in [0.2, 0.25) is 0 Å². The third-order valence-corrected chi connectivity index (χ3v) is 3.70. The fourth-order valence-corrected chi connectivity index (χ4v) is 2.46. The summed E-state index contributed by atoms with van der Waals surface area (Å²) in [7, 11) is 0. The summed E-state index contributed by atoms with van der Waals surface area (Å²) in [6.07, 6.45) is -0.101. The van der Waals surface area contributed by atoms with Crippen LogP contribution >= 0.6 is 11.6 Å². The van der Waals surface area contributed by atoms with E-state index in [1.807, 2.05) is 36.9 Å². The number of hydrogen-bond acceptors (Lipinski definition) is 3. The van der Waals surface area contributed by atoms with Gasteiger partial charge in [-0.05, 0) is 26.0 Å². The van der Waals surface area contributed by atoms with Crippen molar-refractivity contribution in [1.29, 1.82) is 0 Å². The van der Waals surface area contributed by atoms with E-state index >= 15 is 0 Å². The monoisotopic (exact) mass is 297 g/mol. The average molecular weight is 298 g/mol. The summed E-state index contributed by atoms with van der Waals surface area (Å²) in [4.78, 5) is 14.5. The van der Waals surface area contributed by atoms with Crippen LogP contribution in [0.5, 0.6) is 5.75 Å². The highest BCUT2D eigenvalue weighted by Gasteiger charge is 2.31.